The van der Waals surface area contributed by atoms with E-state index in [1.807, 2.05) is 31.2 Å². The fraction of sp³-hybridized carbons (Fsp3) is 0.167. The predicted octanol–water partition coefficient (Wildman–Crippen LogP) is 4.52. The molecule has 1 amide bonds. The topological polar surface area (TPSA) is 70.7 Å². The number of imidazole rings is 1. The average molecular weight is 368 g/mol. The first-order valence-corrected chi connectivity index (χ1v) is 9.64. The van der Waals surface area contributed by atoms with E-state index in [2.05, 4.69) is 39.3 Å². The molecule has 2 aromatic carbocycles. The van der Waals surface area contributed by atoms with Crippen LogP contribution < -0.4 is 5.32 Å². The molecule has 0 radical (unpaired) electrons. The smallest absolute Gasteiger partial charge is 0.236 e. The summed E-state index contributed by atoms with van der Waals surface area (Å²) in [6.45, 7) is 4.10. The summed E-state index contributed by atoms with van der Waals surface area (Å²) in [5.41, 5.74) is 5.16. The molecule has 0 aliphatic heterocycles. The van der Waals surface area contributed by atoms with Gasteiger partial charge in [-0.25, -0.2) is 9.97 Å². The van der Waals surface area contributed by atoms with Crippen LogP contribution in [0.5, 0.6) is 0 Å². The highest BCUT2D eigenvalue weighted by Gasteiger charge is 2.11. The summed E-state index contributed by atoms with van der Waals surface area (Å²) in [5, 5.41) is 4.27. The second kappa shape index (κ2) is 6.50. The minimum atomic E-state index is -0.0844. The minimum Gasteiger partial charge on any atom is -0.333 e. The van der Waals surface area contributed by atoms with E-state index in [-0.39, 0.29) is 11.7 Å². The molecular formula is C18H16N4OS2. The van der Waals surface area contributed by atoms with Crippen LogP contribution >= 0.6 is 23.1 Å². The molecule has 2 N–H and O–H groups in total. The Hall–Kier alpha value is -2.38. The van der Waals surface area contributed by atoms with E-state index >= 15 is 0 Å². The van der Waals surface area contributed by atoms with Gasteiger partial charge in [-0.3, -0.25) is 4.79 Å². The van der Waals surface area contributed by atoms with Crippen molar-refractivity contribution in [3.63, 3.8) is 0 Å². The Labute approximate surface area is 152 Å². The normalized spacial score (nSPS) is 11.3. The van der Waals surface area contributed by atoms with E-state index in [0.717, 1.165) is 32.0 Å². The fourth-order valence-corrected chi connectivity index (χ4v) is 4.45. The lowest BCUT2D eigenvalue weighted by Gasteiger charge is -1.99. The molecule has 4 rings (SSSR count). The Morgan fingerprint density at radius 3 is 2.92 bits per heavy atom. The molecule has 0 saturated carbocycles. The number of nitrogens with one attached hydrogen (secondary N) is 2. The summed E-state index contributed by atoms with van der Waals surface area (Å²) in [4.78, 5) is 24.4. The molecule has 0 aliphatic carbocycles. The van der Waals surface area contributed by atoms with Gasteiger partial charge in [0.1, 0.15) is 0 Å². The summed E-state index contributed by atoms with van der Waals surface area (Å²) in [6.07, 6.45) is 0. The molecule has 126 valence electrons. The summed E-state index contributed by atoms with van der Waals surface area (Å²) >= 11 is 2.89. The molecule has 0 saturated heterocycles. The Balaban J connectivity index is 1.44. The van der Waals surface area contributed by atoms with E-state index in [1.165, 1.54) is 28.7 Å². The zero-order chi connectivity index (χ0) is 17.4. The van der Waals surface area contributed by atoms with Gasteiger partial charge in [-0.05, 0) is 43.2 Å². The van der Waals surface area contributed by atoms with Gasteiger partial charge in [0.05, 0.1) is 27.0 Å². The minimum absolute atomic E-state index is 0.0844. The van der Waals surface area contributed by atoms with E-state index in [9.17, 15) is 4.79 Å². The molecule has 7 heteroatoms. The SMILES string of the molecule is Cc1cc(C)c2nc(NC(=O)CSc3nc4ccccc4[nH]3)sc2c1. The van der Waals surface area contributed by atoms with Crippen LogP contribution in [-0.4, -0.2) is 26.6 Å². The molecule has 0 atom stereocenters. The van der Waals surface area contributed by atoms with Crippen molar-refractivity contribution in [3.8, 4) is 0 Å². The summed E-state index contributed by atoms with van der Waals surface area (Å²) in [7, 11) is 0. The number of H-pyrrole nitrogens is 1. The number of aromatic amines is 1. The van der Waals surface area contributed by atoms with Crippen LogP contribution in [0.15, 0.2) is 41.6 Å². The van der Waals surface area contributed by atoms with Gasteiger partial charge in [-0.15, -0.1) is 0 Å². The van der Waals surface area contributed by atoms with Crippen molar-refractivity contribution in [2.75, 3.05) is 11.1 Å². The molecular weight excluding hydrogens is 352 g/mol. The van der Waals surface area contributed by atoms with Crippen LogP contribution in [0.3, 0.4) is 0 Å². The van der Waals surface area contributed by atoms with Crippen LogP contribution in [0.25, 0.3) is 21.3 Å². The maximum absolute atomic E-state index is 12.2. The molecule has 4 aromatic rings. The van der Waals surface area contributed by atoms with Crippen LogP contribution in [0, 0.1) is 13.8 Å². The van der Waals surface area contributed by atoms with E-state index in [1.54, 1.807) is 0 Å². The monoisotopic (exact) mass is 368 g/mol. The van der Waals surface area contributed by atoms with Crippen LogP contribution in [0.4, 0.5) is 5.13 Å². The summed E-state index contributed by atoms with van der Waals surface area (Å²) < 4.78 is 1.10. The first kappa shape index (κ1) is 16.1. The Kier molecular flexibility index (Phi) is 4.19. The van der Waals surface area contributed by atoms with Crippen LogP contribution in [0.1, 0.15) is 11.1 Å². The quantitative estimate of drug-likeness (QED) is 0.520. The molecule has 2 heterocycles. The lowest BCUT2D eigenvalue weighted by molar-refractivity contribution is -0.113. The number of carbonyl (C=O) groups excluding carboxylic acids is 1. The third kappa shape index (κ3) is 3.38. The van der Waals surface area contributed by atoms with Gasteiger partial charge in [0, 0.05) is 0 Å². The molecule has 0 spiro atoms. The standard InChI is InChI=1S/C18H16N4OS2/c1-10-7-11(2)16-14(8-10)25-18(22-16)21-15(23)9-24-17-19-12-5-3-4-6-13(12)20-17/h3-8H,9H2,1-2H3,(H,19,20)(H,21,22,23). The average Bonchev–Trinajstić information content (AvgIpc) is 3.16. The summed E-state index contributed by atoms with van der Waals surface area (Å²) in [5.74, 6) is 0.201. The molecule has 0 fully saturated rings. The largest absolute Gasteiger partial charge is 0.333 e. The van der Waals surface area contributed by atoms with Crippen molar-refractivity contribution < 1.29 is 4.79 Å². The van der Waals surface area contributed by atoms with Gasteiger partial charge in [0.15, 0.2) is 10.3 Å². The first-order valence-electron chi connectivity index (χ1n) is 7.84. The van der Waals surface area contributed by atoms with Crippen molar-refractivity contribution in [2.24, 2.45) is 0 Å². The third-order valence-electron chi connectivity index (χ3n) is 3.78. The number of rotatable bonds is 4. The van der Waals surface area contributed by atoms with Gasteiger partial charge in [0.2, 0.25) is 5.91 Å². The van der Waals surface area contributed by atoms with Crippen molar-refractivity contribution in [2.45, 2.75) is 19.0 Å². The van der Waals surface area contributed by atoms with Crippen molar-refractivity contribution in [1.82, 2.24) is 15.0 Å². The Bertz CT molecular complexity index is 1050. The number of aromatic nitrogens is 3. The van der Waals surface area contributed by atoms with Gasteiger partial charge in [0.25, 0.3) is 0 Å². The fourth-order valence-electron chi connectivity index (χ4n) is 2.71. The molecule has 0 unspecified atom stereocenters. The van der Waals surface area contributed by atoms with Crippen molar-refractivity contribution >= 4 is 55.4 Å². The molecule has 5 nitrogen and oxygen atoms in total. The second-order valence-corrected chi connectivity index (χ2v) is 7.84. The van der Waals surface area contributed by atoms with Gasteiger partial charge >= 0.3 is 0 Å². The highest BCUT2D eigenvalue weighted by atomic mass is 32.2. The number of anilines is 1. The number of para-hydroxylation sites is 2. The number of carbonyl (C=O) groups is 1. The van der Waals surface area contributed by atoms with E-state index < -0.39 is 0 Å². The molecule has 2 aromatic heterocycles. The zero-order valence-electron chi connectivity index (χ0n) is 13.8. The highest BCUT2D eigenvalue weighted by molar-refractivity contribution is 7.99. The second-order valence-electron chi connectivity index (χ2n) is 5.84. The van der Waals surface area contributed by atoms with Gasteiger partial charge in [-0.1, -0.05) is 41.3 Å². The lowest BCUT2D eigenvalue weighted by atomic mass is 10.1. The highest BCUT2D eigenvalue weighted by Crippen LogP contribution is 2.29. The van der Waals surface area contributed by atoms with E-state index in [4.69, 9.17) is 0 Å². The first-order chi connectivity index (χ1) is 12.1. The van der Waals surface area contributed by atoms with Crippen molar-refractivity contribution in [1.29, 1.82) is 0 Å². The maximum Gasteiger partial charge on any atom is 0.236 e. The van der Waals surface area contributed by atoms with E-state index in [0.29, 0.717) is 5.13 Å². The number of hydrogen-bond donors (Lipinski definition) is 2. The number of aryl methyl sites for hydroxylation is 2. The Morgan fingerprint density at radius 1 is 1.24 bits per heavy atom. The predicted molar refractivity (Wildman–Crippen MR) is 105 cm³/mol. The van der Waals surface area contributed by atoms with Crippen LogP contribution in [0.2, 0.25) is 0 Å². The maximum atomic E-state index is 12.2. The van der Waals surface area contributed by atoms with Crippen LogP contribution in [-0.2, 0) is 4.79 Å². The zero-order valence-corrected chi connectivity index (χ0v) is 15.4. The number of thiazole rings is 1. The number of thioether (sulfide) groups is 1. The van der Waals surface area contributed by atoms with Gasteiger partial charge in [-0.2, -0.15) is 0 Å². The lowest BCUT2D eigenvalue weighted by Crippen LogP contribution is -2.13. The van der Waals surface area contributed by atoms with Gasteiger partial charge < -0.3 is 10.3 Å². The number of hydrogen-bond acceptors (Lipinski definition) is 5. The number of amides is 1. The molecule has 25 heavy (non-hydrogen) atoms. The Morgan fingerprint density at radius 2 is 2.08 bits per heavy atom. The third-order valence-corrected chi connectivity index (χ3v) is 5.57. The summed E-state index contributed by atoms with van der Waals surface area (Å²) in [6, 6.07) is 12.0. The number of benzene rings is 2. The number of nitrogens with zero attached hydrogens (tertiary/aromatic N) is 2. The number of fused-ring (bicyclic) bond motifs is 2. The molecule has 0 aliphatic rings. The molecule has 0 bridgehead atoms. The van der Waals surface area contributed by atoms with Crippen molar-refractivity contribution in [3.05, 3.63) is 47.5 Å².